The standard InChI is InChI=1S/C20H22N2O2S/c1-13-8-14(2)10-16(9-13)21-19(23)12-22-17-6-4-5-7-18(17)25-15(3)11-20(22)24/h4-10,15H,11-12H2,1-3H3,(H,21,23)/t15-/m1/s1. The lowest BCUT2D eigenvalue weighted by Crippen LogP contribution is -2.38. The summed E-state index contributed by atoms with van der Waals surface area (Å²) < 4.78 is 0. The van der Waals surface area contributed by atoms with Crippen LogP contribution in [0.15, 0.2) is 47.4 Å². The smallest absolute Gasteiger partial charge is 0.244 e. The van der Waals surface area contributed by atoms with Crippen molar-refractivity contribution in [1.29, 1.82) is 0 Å². The summed E-state index contributed by atoms with van der Waals surface area (Å²) in [7, 11) is 0. The van der Waals surface area contributed by atoms with E-state index in [9.17, 15) is 9.59 Å². The molecule has 25 heavy (non-hydrogen) atoms. The lowest BCUT2D eigenvalue weighted by molar-refractivity contribution is -0.121. The van der Waals surface area contributed by atoms with Crippen LogP contribution >= 0.6 is 11.8 Å². The van der Waals surface area contributed by atoms with E-state index in [0.717, 1.165) is 27.4 Å². The van der Waals surface area contributed by atoms with Crippen LogP contribution < -0.4 is 10.2 Å². The van der Waals surface area contributed by atoms with Crippen molar-refractivity contribution < 1.29 is 9.59 Å². The number of nitrogens with one attached hydrogen (secondary N) is 1. The zero-order valence-electron chi connectivity index (χ0n) is 14.7. The van der Waals surface area contributed by atoms with Gasteiger partial charge in [-0.3, -0.25) is 9.59 Å². The summed E-state index contributed by atoms with van der Waals surface area (Å²) >= 11 is 1.68. The maximum absolute atomic E-state index is 12.6. The van der Waals surface area contributed by atoms with Crippen molar-refractivity contribution in [3.63, 3.8) is 0 Å². The van der Waals surface area contributed by atoms with E-state index in [1.807, 2.05) is 57.2 Å². The first-order valence-corrected chi connectivity index (χ1v) is 9.24. The number of benzene rings is 2. The topological polar surface area (TPSA) is 49.4 Å². The average Bonchev–Trinajstić information content (AvgIpc) is 2.62. The molecule has 0 fully saturated rings. The molecule has 0 aliphatic carbocycles. The second-order valence-electron chi connectivity index (χ2n) is 6.50. The molecule has 0 bridgehead atoms. The van der Waals surface area contributed by atoms with Crippen LogP contribution in [0.5, 0.6) is 0 Å². The molecule has 1 N–H and O–H groups in total. The Morgan fingerprint density at radius 3 is 2.60 bits per heavy atom. The number of carbonyl (C=O) groups excluding carboxylic acids is 2. The molecule has 1 aliphatic rings. The minimum absolute atomic E-state index is 0.0134. The number of hydrogen-bond donors (Lipinski definition) is 1. The van der Waals surface area contributed by atoms with E-state index in [1.54, 1.807) is 16.7 Å². The van der Waals surface area contributed by atoms with Gasteiger partial charge in [0.1, 0.15) is 6.54 Å². The number of nitrogens with zero attached hydrogens (tertiary/aromatic N) is 1. The number of hydrogen-bond acceptors (Lipinski definition) is 3. The predicted molar refractivity (Wildman–Crippen MR) is 103 cm³/mol. The number of anilines is 2. The summed E-state index contributed by atoms with van der Waals surface area (Å²) in [6.07, 6.45) is 0.427. The largest absolute Gasteiger partial charge is 0.325 e. The van der Waals surface area contributed by atoms with Gasteiger partial charge < -0.3 is 10.2 Å². The summed E-state index contributed by atoms with van der Waals surface area (Å²) in [5.41, 5.74) is 3.77. The summed E-state index contributed by atoms with van der Waals surface area (Å²) in [5.74, 6) is -0.201. The molecule has 4 nitrogen and oxygen atoms in total. The molecule has 1 aliphatic heterocycles. The van der Waals surface area contributed by atoms with Crippen LogP contribution in [0, 0.1) is 13.8 Å². The van der Waals surface area contributed by atoms with E-state index >= 15 is 0 Å². The quantitative estimate of drug-likeness (QED) is 0.900. The number of fused-ring (bicyclic) bond motifs is 1. The van der Waals surface area contributed by atoms with Gasteiger partial charge in [0.05, 0.1) is 5.69 Å². The maximum atomic E-state index is 12.6. The van der Waals surface area contributed by atoms with Gasteiger partial charge in [0.25, 0.3) is 0 Å². The molecule has 0 unspecified atom stereocenters. The van der Waals surface area contributed by atoms with Crippen molar-refractivity contribution in [2.75, 3.05) is 16.8 Å². The Morgan fingerprint density at radius 2 is 1.88 bits per heavy atom. The monoisotopic (exact) mass is 354 g/mol. The van der Waals surface area contributed by atoms with Gasteiger partial charge in [0.2, 0.25) is 11.8 Å². The van der Waals surface area contributed by atoms with Crippen molar-refractivity contribution in [1.82, 2.24) is 0 Å². The summed E-state index contributed by atoms with van der Waals surface area (Å²) in [5, 5.41) is 3.11. The second kappa shape index (κ2) is 7.31. The van der Waals surface area contributed by atoms with Gasteiger partial charge in [-0.25, -0.2) is 0 Å². The summed E-state index contributed by atoms with van der Waals surface area (Å²) in [4.78, 5) is 27.8. The van der Waals surface area contributed by atoms with Crippen LogP contribution in [0.25, 0.3) is 0 Å². The highest BCUT2D eigenvalue weighted by Crippen LogP contribution is 2.37. The molecular weight excluding hydrogens is 332 g/mol. The normalized spacial score (nSPS) is 17.0. The molecule has 0 saturated heterocycles. The Labute approximate surface area is 152 Å². The zero-order valence-corrected chi connectivity index (χ0v) is 15.5. The van der Waals surface area contributed by atoms with Gasteiger partial charge in [0, 0.05) is 22.3 Å². The Kier molecular flexibility index (Phi) is 5.13. The highest BCUT2D eigenvalue weighted by Gasteiger charge is 2.27. The molecule has 0 saturated carbocycles. The zero-order chi connectivity index (χ0) is 18.0. The van der Waals surface area contributed by atoms with Crippen LogP contribution in [-0.4, -0.2) is 23.6 Å². The number of rotatable bonds is 3. The first kappa shape index (κ1) is 17.5. The highest BCUT2D eigenvalue weighted by molar-refractivity contribution is 8.00. The van der Waals surface area contributed by atoms with Crippen molar-refractivity contribution in [3.8, 4) is 0 Å². The van der Waals surface area contributed by atoms with Crippen LogP contribution in [0.1, 0.15) is 24.5 Å². The minimum Gasteiger partial charge on any atom is -0.325 e. The molecule has 1 atom stereocenters. The molecular formula is C20H22N2O2S. The Balaban J connectivity index is 1.81. The van der Waals surface area contributed by atoms with E-state index in [0.29, 0.717) is 6.42 Å². The average molecular weight is 354 g/mol. The molecule has 2 amide bonds. The molecule has 1 heterocycles. The van der Waals surface area contributed by atoms with Crippen molar-refractivity contribution >= 4 is 35.0 Å². The lowest BCUT2D eigenvalue weighted by Gasteiger charge is -2.22. The predicted octanol–water partition coefficient (Wildman–Crippen LogP) is 4.16. The van der Waals surface area contributed by atoms with Crippen LogP contribution in [0.4, 0.5) is 11.4 Å². The molecule has 2 aromatic carbocycles. The fourth-order valence-electron chi connectivity index (χ4n) is 3.09. The van der Waals surface area contributed by atoms with E-state index in [2.05, 4.69) is 11.4 Å². The molecule has 5 heteroatoms. The second-order valence-corrected chi connectivity index (χ2v) is 7.99. The number of para-hydroxylation sites is 1. The molecule has 2 aromatic rings. The van der Waals surface area contributed by atoms with Gasteiger partial charge in [-0.15, -0.1) is 11.8 Å². The molecule has 130 valence electrons. The molecule has 0 spiro atoms. The molecule has 0 aromatic heterocycles. The summed E-state index contributed by atoms with van der Waals surface area (Å²) in [6.45, 7) is 6.06. The van der Waals surface area contributed by atoms with Crippen LogP contribution in [0.2, 0.25) is 0 Å². The minimum atomic E-state index is -0.187. The van der Waals surface area contributed by atoms with Crippen LogP contribution in [0.3, 0.4) is 0 Å². The Morgan fingerprint density at radius 1 is 1.20 bits per heavy atom. The SMILES string of the molecule is Cc1cc(C)cc(NC(=O)CN2C(=O)C[C@@H](C)Sc3ccccc32)c1. The maximum Gasteiger partial charge on any atom is 0.244 e. The lowest BCUT2D eigenvalue weighted by atomic mass is 10.1. The molecule has 0 radical (unpaired) electrons. The fraction of sp³-hybridized carbons (Fsp3) is 0.300. The van der Waals surface area contributed by atoms with E-state index in [-0.39, 0.29) is 23.6 Å². The number of aryl methyl sites for hydroxylation is 2. The van der Waals surface area contributed by atoms with Gasteiger partial charge in [-0.2, -0.15) is 0 Å². The van der Waals surface area contributed by atoms with E-state index < -0.39 is 0 Å². The number of amides is 2. The highest BCUT2D eigenvalue weighted by atomic mass is 32.2. The molecule has 3 rings (SSSR count). The van der Waals surface area contributed by atoms with E-state index in [4.69, 9.17) is 0 Å². The van der Waals surface area contributed by atoms with Crippen molar-refractivity contribution in [2.24, 2.45) is 0 Å². The van der Waals surface area contributed by atoms with E-state index in [1.165, 1.54) is 0 Å². The van der Waals surface area contributed by atoms with Crippen LogP contribution in [-0.2, 0) is 9.59 Å². The first-order chi connectivity index (χ1) is 11.9. The number of thioether (sulfide) groups is 1. The third kappa shape index (κ3) is 4.23. The van der Waals surface area contributed by atoms with Gasteiger partial charge in [-0.1, -0.05) is 25.1 Å². The van der Waals surface area contributed by atoms with Gasteiger partial charge in [-0.05, 0) is 49.2 Å². The third-order valence-corrected chi connectivity index (χ3v) is 5.22. The van der Waals surface area contributed by atoms with Gasteiger partial charge >= 0.3 is 0 Å². The fourth-order valence-corrected chi connectivity index (χ4v) is 4.21. The Hall–Kier alpha value is -2.27. The summed E-state index contributed by atoms with van der Waals surface area (Å²) in [6, 6.07) is 13.7. The first-order valence-electron chi connectivity index (χ1n) is 8.36. The Bertz CT molecular complexity index is 799. The third-order valence-electron chi connectivity index (χ3n) is 4.05. The van der Waals surface area contributed by atoms with Crippen molar-refractivity contribution in [3.05, 3.63) is 53.6 Å². The number of carbonyl (C=O) groups is 2. The van der Waals surface area contributed by atoms with Gasteiger partial charge in [0.15, 0.2) is 0 Å². The van der Waals surface area contributed by atoms with Crippen molar-refractivity contribution in [2.45, 2.75) is 37.3 Å².